The van der Waals surface area contributed by atoms with Crippen molar-refractivity contribution in [1.29, 1.82) is 0 Å². The third-order valence-corrected chi connectivity index (χ3v) is 5.08. The number of nitrogens with one attached hydrogen (secondary N) is 1. The monoisotopic (exact) mass is 423 g/mol. The first-order valence-electron chi connectivity index (χ1n) is 9.52. The van der Waals surface area contributed by atoms with Gasteiger partial charge in [-0.15, -0.1) is 0 Å². The van der Waals surface area contributed by atoms with Crippen molar-refractivity contribution in [2.75, 3.05) is 11.9 Å². The molecule has 6 heteroatoms. The van der Waals surface area contributed by atoms with E-state index in [2.05, 4.69) is 5.32 Å². The van der Waals surface area contributed by atoms with E-state index in [-0.39, 0.29) is 18.1 Å². The van der Waals surface area contributed by atoms with Gasteiger partial charge in [-0.1, -0.05) is 41.9 Å². The van der Waals surface area contributed by atoms with Crippen molar-refractivity contribution in [1.82, 2.24) is 0 Å². The summed E-state index contributed by atoms with van der Waals surface area (Å²) in [5.74, 6) is 0.400. The molecular formula is C24H19ClFNO3. The Kier molecular flexibility index (Phi) is 5.72. The summed E-state index contributed by atoms with van der Waals surface area (Å²) in [6.07, 6.45) is 1.81. The molecule has 0 aliphatic carbocycles. The highest BCUT2D eigenvalue weighted by molar-refractivity contribution is 6.34. The van der Waals surface area contributed by atoms with Crippen molar-refractivity contribution in [3.8, 4) is 11.5 Å². The van der Waals surface area contributed by atoms with Crippen molar-refractivity contribution >= 4 is 34.8 Å². The minimum Gasteiger partial charge on any atom is -0.490 e. The first-order valence-corrected chi connectivity index (χ1v) is 9.89. The Morgan fingerprint density at radius 2 is 1.87 bits per heavy atom. The molecule has 1 aliphatic rings. The summed E-state index contributed by atoms with van der Waals surface area (Å²) in [6, 6.07) is 17.4. The van der Waals surface area contributed by atoms with E-state index < -0.39 is 5.82 Å². The topological polar surface area (TPSA) is 47.6 Å². The van der Waals surface area contributed by atoms with Crippen LogP contribution in [0.25, 0.3) is 11.6 Å². The number of benzene rings is 3. The van der Waals surface area contributed by atoms with Crippen LogP contribution in [0.1, 0.15) is 23.6 Å². The molecule has 0 spiro atoms. The van der Waals surface area contributed by atoms with Gasteiger partial charge in [-0.25, -0.2) is 4.39 Å². The average molecular weight is 424 g/mol. The molecule has 3 aromatic carbocycles. The van der Waals surface area contributed by atoms with Crippen molar-refractivity contribution in [2.24, 2.45) is 0 Å². The lowest BCUT2D eigenvalue weighted by molar-refractivity contribution is -0.110. The standard InChI is InChI=1S/C24H19ClFNO3/c1-2-29-23-13-15(12-17-16-6-3-4-9-21(16)27-24(17)28)10-11-22(23)30-14-18-19(25)7-5-8-20(18)26/h3-13H,2,14H2,1H3,(H,27,28)/b17-12+. The number of anilines is 1. The van der Waals surface area contributed by atoms with Gasteiger partial charge in [-0.3, -0.25) is 4.79 Å². The number of halogens is 2. The van der Waals surface area contributed by atoms with Crippen molar-refractivity contribution in [3.05, 3.63) is 88.2 Å². The fourth-order valence-corrected chi connectivity index (χ4v) is 3.49. The number of carbonyl (C=O) groups is 1. The van der Waals surface area contributed by atoms with Crippen LogP contribution in [0.4, 0.5) is 10.1 Å². The van der Waals surface area contributed by atoms with E-state index in [1.165, 1.54) is 6.07 Å². The highest BCUT2D eigenvalue weighted by atomic mass is 35.5. The molecule has 0 radical (unpaired) electrons. The third kappa shape index (κ3) is 4.02. The summed E-state index contributed by atoms with van der Waals surface area (Å²) in [6.45, 7) is 2.27. The summed E-state index contributed by atoms with van der Waals surface area (Å²) in [4.78, 5) is 12.4. The van der Waals surface area contributed by atoms with Gasteiger partial charge in [0.25, 0.3) is 5.91 Å². The number of para-hydroxylation sites is 1. The highest BCUT2D eigenvalue weighted by Crippen LogP contribution is 2.35. The predicted octanol–water partition coefficient (Wildman–Crippen LogP) is 5.95. The Bertz CT molecular complexity index is 1120. The van der Waals surface area contributed by atoms with Crippen LogP contribution in [0.15, 0.2) is 60.7 Å². The Morgan fingerprint density at radius 3 is 2.67 bits per heavy atom. The van der Waals surface area contributed by atoms with Crippen LogP contribution >= 0.6 is 11.6 Å². The zero-order chi connectivity index (χ0) is 21.1. The van der Waals surface area contributed by atoms with E-state index in [0.717, 1.165) is 16.8 Å². The van der Waals surface area contributed by atoms with E-state index in [1.54, 1.807) is 30.3 Å². The lowest BCUT2D eigenvalue weighted by Gasteiger charge is -2.14. The van der Waals surface area contributed by atoms with E-state index >= 15 is 0 Å². The number of amides is 1. The third-order valence-electron chi connectivity index (χ3n) is 4.72. The Labute approximate surface area is 178 Å². The maximum absolute atomic E-state index is 14.0. The first kappa shape index (κ1) is 20.0. The minimum absolute atomic E-state index is 0.0260. The molecule has 0 saturated heterocycles. The van der Waals surface area contributed by atoms with Crippen LogP contribution in [-0.2, 0) is 11.4 Å². The zero-order valence-corrected chi connectivity index (χ0v) is 17.0. The molecule has 1 heterocycles. The number of hydrogen-bond donors (Lipinski definition) is 1. The molecule has 1 aliphatic heterocycles. The molecule has 4 rings (SSSR count). The summed E-state index contributed by atoms with van der Waals surface area (Å²) in [5, 5.41) is 3.16. The maximum atomic E-state index is 14.0. The van der Waals surface area contributed by atoms with E-state index in [1.807, 2.05) is 37.3 Å². The Balaban J connectivity index is 1.62. The molecule has 0 aromatic heterocycles. The van der Waals surface area contributed by atoms with E-state index in [4.69, 9.17) is 21.1 Å². The smallest absolute Gasteiger partial charge is 0.256 e. The fraction of sp³-hybridized carbons (Fsp3) is 0.125. The SMILES string of the molecule is CCOc1cc(/C=C2/C(=O)Nc3ccccc32)ccc1OCc1c(F)cccc1Cl. The highest BCUT2D eigenvalue weighted by Gasteiger charge is 2.23. The predicted molar refractivity (Wildman–Crippen MR) is 116 cm³/mol. The number of carbonyl (C=O) groups excluding carboxylic acids is 1. The van der Waals surface area contributed by atoms with Gasteiger partial charge in [0.05, 0.1) is 11.6 Å². The van der Waals surface area contributed by atoms with Gasteiger partial charge in [0, 0.05) is 22.4 Å². The maximum Gasteiger partial charge on any atom is 0.256 e. The minimum atomic E-state index is -0.423. The van der Waals surface area contributed by atoms with Gasteiger partial charge in [0.15, 0.2) is 11.5 Å². The second kappa shape index (κ2) is 8.59. The quantitative estimate of drug-likeness (QED) is 0.498. The van der Waals surface area contributed by atoms with E-state index in [0.29, 0.717) is 28.7 Å². The van der Waals surface area contributed by atoms with Crippen LogP contribution in [0.3, 0.4) is 0 Å². The molecule has 3 aromatic rings. The molecule has 0 saturated carbocycles. The van der Waals surface area contributed by atoms with Gasteiger partial charge < -0.3 is 14.8 Å². The van der Waals surface area contributed by atoms with Crippen LogP contribution in [0.2, 0.25) is 5.02 Å². The zero-order valence-electron chi connectivity index (χ0n) is 16.2. The largest absolute Gasteiger partial charge is 0.490 e. The van der Waals surface area contributed by atoms with Gasteiger partial charge in [-0.2, -0.15) is 0 Å². The molecular weight excluding hydrogens is 405 g/mol. The van der Waals surface area contributed by atoms with Gasteiger partial charge >= 0.3 is 0 Å². The van der Waals surface area contributed by atoms with E-state index in [9.17, 15) is 9.18 Å². The second-order valence-corrected chi connectivity index (χ2v) is 7.09. The number of ether oxygens (including phenoxy) is 2. The molecule has 152 valence electrons. The molecule has 0 fully saturated rings. The molecule has 0 atom stereocenters. The van der Waals surface area contributed by atoms with Gasteiger partial charge in [-0.05, 0) is 48.9 Å². The molecule has 0 bridgehead atoms. The number of hydrogen-bond acceptors (Lipinski definition) is 3. The van der Waals surface area contributed by atoms with Crippen molar-refractivity contribution in [3.63, 3.8) is 0 Å². The summed E-state index contributed by atoms with van der Waals surface area (Å²) >= 11 is 6.08. The van der Waals surface area contributed by atoms with Crippen LogP contribution in [0, 0.1) is 5.82 Å². The lowest BCUT2D eigenvalue weighted by atomic mass is 10.0. The van der Waals surface area contributed by atoms with Crippen LogP contribution < -0.4 is 14.8 Å². The van der Waals surface area contributed by atoms with Crippen molar-refractivity contribution < 1.29 is 18.7 Å². The summed E-state index contributed by atoms with van der Waals surface area (Å²) in [5.41, 5.74) is 3.30. The number of fused-ring (bicyclic) bond motifs is 1. The van der Waals surface area contributed by atoms with Gasteiger partial charge in [0.2, 0.25) is 0 Å². The fourth-order valence-electron chi connectivity index (χ4n) is 3.27. The molecule has 30 heavy (non-hydrogen) atoms. The molecule has 1 amide bonds. The molecule has 4 nitrogen and oxygen atoms in total. The molecule has 0 unspecified atom stereocenters. The summed E-state index contributed by atoms with van der Waals surface area (Å²) in [7, 11) is 0. The first-order chi connectivity index (χ1) is 14.6. The van der Waals surface area contributed by atoms with Crippen LogP contribution in [-0.4, -0.2) is 12.5 Å². The molecule has 1 N–H and O–H groups in total. The Hall–Kier alpha value is -3.31. The Morgan fingerprint density at radius 1 is 1.03 bits per heavy atom. The number of rotatable bonds is 6. The normalized spacial score (nSPS) is 13.8. The lowest BCUT2D eigenvalue weighted by Crippen LogP contribution is -2.04. The van der Waals surface area contributed by atoms with Crippen molar-refractivity contribution in [2.45, 2.75) is 13.5 Å². The second-order valence-electron chi connectivity index (χ2n) is 6.69. The van der Waals surface area contributed by atoms with Crippen LogP contribution in [0.5, 0.6) is 11.5 Å². The summed E-state index contributed by atoms with van der Waals surface area (Å²) < 4.78 is 25.5. The van der Waals surface area contributed by atoms with Gasteiger partial charge in [0.1, 0.15) is 12.4 Å². The average Bonchev–Trinajstić information content (AvgIpc) is 3.04.